The van der Waals surface area contributed by atoms with Crippen LogP contribution in [0.3, 0.4) is 0 Å². The molecule has 1 aliphatic rings. The molecule has 7 heteroatoms. The van der Waals surface area contributed by atoms with Gasteiger partial charge in [-0.2, -0.15) is 0 Å². The first-order valence-electron chi connectivity index (χ1n) is 7.75. The first kappa shape index (κ1) is 16.0. The van der Waals surface area contributed by atoms with E-state index in [2.05, 4.69) is 4.98 Å². The molecule has 1 aliphatic heterocycles. The van der Waals surface area contributed by atoms with E-state index in [1.807, 2.05) is 46.0 Å². The van der Waals surface area contributed by atoms with Crippen LogP contribution in [0.2, 0.25) is 0 Å². The number of carbonyl (C=O) groups excluding carboxylic acids is 1. The molecule has 0 aliphatic carbocycles. The Morgan fingerprint density at radius 3 is 2.52 bits per heavy atom. The molecule has 0 amide bonds. The molecule has 122 valence electrons. The van der Waals surface area contributed by atoms with Gasteiger partial charge in [-0.1, -0.05) is 6.07 Å². The second-order valence-electron chi connectivity index (χ2n) is 6.64. The Labute approximate surface area is 135 Å². The Balaban J connectivity index is 1.97. The van der Waals surface area contributed by atoms with Gasteiger partial charge in [0.05, 0.1) is 24.0 Å². The maximum absolute atomic E-state index is 12.0. The van der Waals surface area contributed by atoms with Crippen LogP contribution >= 0.6 is 0 Å². The quantitative estimate of drug-likeness (QED) is 0.638. The van der Waals surface area contributed by atoms with Gasteiger partial charge in [-0.3, -0.25) is 4.40 Å². The lowest BCUT2D eigenvalue weighted by Crippen LogP contribution is -2.41. The third-order valence-electron chi connectivity index (χ3n) is 4.54. The fourth-order valence-electron chi connectivity index (χ4n) is 2.47. The van der Waals surface area contributed by atoms with E-state index < -0.39 is 24.3 Å². The summed E-state index contributed by atoms with van der Waals surface area (Å²) in [6.07, 6.45) is 3.33. The van der Waals surface area contributed by atoms with Crippen molar-refractivity contribution in [2.24, 2.45) is 0 Å². The molecule has 2 aromatic rings. The van der Waals surface area contributed by atoms with Crippen molar-refractivity contribution in [3.8, 4) is 0 Å². The Kier molecular flexibility index (Phi) is 3.73. The fraction of sp³-hybridized carbons (Fsp3) is 0.500. The number of ether oxygens (including phenoxy) is 1. The molecule has 3 rings (SSSR count). The van der Waals surface area contributed by atoms with Crippen molar-refractivity contribution in [2.45, 2.75) is 45.8 Å². The van der Waals surface area contributed by atoms with Crippen LogP contribution in [0.15, 0.2) is 24.5 Å². The fourth-order valence-corrected chi connectivity index (χ4v) is 2.47. The summed E-state index contributed by atoms with van der Waals surface area (Å²) in [6.45, 7) is 10.1. The van der Waals surface area contributed by atoms with Crippen LogP contribution in [-0.2, 0) is 14.0 Å². The number of imidazole rings is 1. The van der Waals surface area contributed by atoms with Crippen molar-refractivity contribution in [1.82, 2.24) is 9.38 Å². The van der Waals surface area contributed by atoms with Gasteiger partial charge in [-0.15, -0.1) is 0 Å². The van der Waals surface area contributed by atoms with Gasteiger partial charge in [-0.25, -0.2) is 9.78 Å². The lowest BCUT2D eigenvalue weighted by molar-refractivity contribution is 0.00578. The van der Waals surface area contributed by atoms with Gasteiger partial charge in [0, 0.05) is 6.20 Å². The Bertz CT molecular complexity index is 738. The maximum Gasteiger partial charge on any atom is 0.496 e. The third-order valence-corrected chi connectivity index (χ3v) is 4.54. The van der Waals surface area contributed by atoms with E-state index in [1.54, 1.807) is 11.3 Å². The lowest BCUT2D eigenvalue weighted by atomic mass is 9.80. The topological polar surface area (TPSA) is 62.1 Å². The number of hydrogen-bond acceptors (Lipinski definition) is 5. The Hall–Kier alpha value is -1.86. The summed E-state index contributed by atoms with van der Waals surface area (Å²) in [4.78, 5) is 16.2. The summed E-state index contributed by atoms with van der Waals surface area (Å²) in [7, 11) is -0.484. The molecule has 0 N–H and O–H groups in total. The highest BCUT2D eigenvalue weighted by Gasteiger charge is 2.51. The SMILES string of the molecule is CCOC(=O)c1cnc2ccc(B3OC(C)(C)C(C)(C)O3)cn12. The number of aromatic nitrogens is 2. The van der Waals surface area contributed by atoms with Crippen molar-refractivity contribution >= 4 is 24.2 Å². The molecule has 0 aromatic carbocycles. The number of carbonyl (C=O) groups is 1. The van der Waals surface area contributed by atoms with Gasteiger partial charge in [0.2, 0.25) is 0 Å². The zero-order chi connectivity index (χ0) is 16.8. The van der Waals surface area contributed by atoms with Crippen molar-refractivity contribution in [2.75, 3.05) is 6.61 Å². The molecule has 2 aromatic heterocycles. The average Bonchev–Trinajstić information content (AvgIpc) is 2.97. The molecule has 0 bridgehead atoms. The minimum absolute atomic E-state index is 0.322. The molecule has 1 saturated heterocycles. The molecule has 0 spiro atoms. The predicted molar refractivity (Wildman–Crippen MR) is 86.9 cm³/mol. The average molecular weight is 316 g/mol. The van der Waals surface area contributed by atoms with Crippen molar-refractivity contribution < 1.29 is 18.8 Å². The molecule has 6 nitrogen and oxygen atoms in total. The Morgan fingerprint density at radius 1 is 1.26 bits per heavy atom. The number of pyridine rings is 1. The second-order valence-corrected chi connectivity index (χ2v) is 6.64. The van der Waals surface area contributed by atoms with Crippen molar-refractivity contribution in [3.05, 3.63) is 30.2 Å². The molecule has 0 unspecified atom stereocenters. The van der Waals surface area contributed by atoms with Gasteiger partial charge in [0.25, 0.3) is 0 Å². The smallest absolute Gasteiger partial charge is 0.461 e. The van der Waals surface area contributed by atoms with Crippen LogP contribution in [0, 0.1) is 0 Å². The number of fused-ring (bicyclic) bond motifs is 1. The highest BCUT2D eigenvalue weighted by atomic mass is 16.7. The minimum Gasteiger partial charge on any atom is -0.461 e. The Morgan fingerprint density at radius 2 is 1.91 bits per heavy atom. The van der Waals surface area contributed by atoms with Gasteiger partial charge in [0.15, 0.2) is 5.69 Å². The summed E-state index contributed by atoms with van der Waals surface area (Å²) in [5.74, 6) is -0.397. The van der Waals surface area contributed by atoms with Crippen LogP contribution in [0.4, 0.5) is 0 Å². The highest BCUT2D eigenvalue weighted by molar-refractivity contribution is 6.62. The monoisotopic (exact) mass is 316 g/mol. The van der Waals surface area contributed by atoms with Crippen LogP contribution in [0.1, 0.15) is 45.1 Å². The summed E-state index contributed by atoms with van der Waals surface area (Å²) in [5, 5.41) is 0. The lowest BCUT2D eigenvalue weighted by Gasteiger charge is -2.32. The first-order valence-corrected chi connectivity index (χ1v) is 7.75. The summed E-state index contributed by atoms with van der Waals surface area (Å²) in [5.41, 5.74) is 1.07. The maximum atomic E-state index is 12.0. The van der Waals surface area contributed by atoms with Gasteiger partial charge >= 0.3 is 13.1 Å². The molecule has 0 atom stereocenters. The summed E-state index contributed by atoms with van der Waals surface area (Å²) < 4.78 is 18.9. The predicted octanol–water partition coefficient (Wildman–Crippen LogP) is 1.81. The molecule has 0 saturated carbocycles. The van der Waals surface area contributed by atoms with Gasteiger partial charge in [0.1, 0.15) is 5.65 Å². The summed E-state index contributed by atoms with van der Waals surface area (Å²) in [6, 6.07) is 3.74. The normalized spacial score (nSPS) is 19.3. The number of esters is 1. The largest absolute Gasteiger partial charge is 0.496 e. The van der Waals surface area contributed by atoms with Crippen LogP contribution in [0.25, 0.3) is 5.65 Å². The van der Waals surface area contributed by atoms with E-state index in [9.17, 15) is 4.79 Å². The molecule has 1 fully saturated rings. The van der Waals surface area contributed by atoms with Crippen LogP contribution in [0.5, 0.6) is 0 Å². The van der Waals surface area contributed by atoms with Crippen LogP contribution < -0.4 is 5.46 Å². The van der Waals surface area contributed by atoms with E-state index >= 15 is 0 Å². The number of nitrogens with zero attached hydrogens (tertiary/aromatic N) is 2. The van der Waals surface area contributed by atoms with Gasteiger partial charge < -0.3 is 14.0 Å². The number of hydrogen-bond donors (Lipinski definition) is 0. The molecule has 23 heavy (non-hydrogen) atoms. The first-order chi connectivity index (χ1) is 10.7. The molecule has 3 heterocycles. The van der Waals surface area contributed by atoms with Crippen molar-refractivity contribution in [3.63, 3.8) is 0 Å². The zero-order valence-electron chi connectivity index (χ0n) is 14.1. The van der Waals surface area contributed by atoms with E-state index in [0.29, 0.717) is 17.9 Å². The zero-order valence-corrected chi connectivity index (χ0v) is 14.1. The van der Waals surface area contributed by atoms with Crippen molar-refractivity contribution in [1.29, 1.82) is 0 Å². The second kappa shape index (κ2) is 5.35. The van der Waals surface area contributed by atoms with E-state index in [4.69, 9.17) is 14.0 Å². The summed E-state index contributed by atoms with van der Waals surface area (Å²) >= 11 is 0. The van der Waals surface area contributed by atoms with Crippen LogP contribution in [-0.4, -0.2) is 40.3 Å². The number of rotatable bonds is 3. The van der Waals surface area contributed by atoms with E-state index in [1.165, 1.54) is 6.20 Å². The molecule has 0 radical (unpaired) electrons. The standard InChI is InChI=1S/C16H21BN2O4/c1-6-21-14(20)12-9-18-13-8-7-11(10-19(12)13)17-22-15(2,3)16(4,5)23-17/h7-10H,6H2,1-5H3. The molecular formula is C16H21BN2O4. The molecular weight excluding hydrogens is 295 g/mol. The highest BCUT2D eigenvalue weighted by Crippen LogP contribution is 2.36. The van der Waals surface area contributed by atoms with Gasteiger partial charge in [-0.05, 0) is 46.1 Å². The minimum atomic E-state index is -0.484. The van der Waals surface area contributed by atoms with E-state index in [-0.39, 0.29) is 0 Å². The van der Waals surface area contributed by atoms with E-state index in [0.717, 1.165) is 5.46 Å². The third kappa shape index (κ3) is 2.64.